The molecule has 2 aliphatic rings. The van der Waals surface area contributed by atoms with Crippen molar-refractivity contribution in [3.05, 3.63) is 442 Å². The molecule has 0 radical (unpaired) electrons. The quantitative estimate of drug-likeness (QED) is 0.0582. The molecular weight excluding hydrogens is 1480 g/mol. The van der Waals surface area contributed by atoms with Crippen molar-refractivity contribution >= 4 is 90.2 Å². The van der Waals surface area contributed by atoms with Crippen LogP contribution in [0.1, 0.15) is 55.6 Å². The first-order valence-electron chi connectivity index (χ1n) is 37.4. The summed E-state index contributed by atoms with van der Waals surface area (Å²) in [5.74, 6) is -20.8. The molecule has 2 aromatic heterocycles. The van der Waals surface area contributed by atoms with Crippen LogP contribution in [0.2, 0.25) is 0 Å². The summed E-state index contributed by atoms with van der Waals surface area (Å²) in [6.07, 6.45) is 3.17. The van der Waals surface area contributed by atoms with Crippen LogP contribution in [0, 0.1) is 58.2 Å². The summed E-state index contributed by atoms with van der Waals surface area (Å²) in [5.41, 5.74) is 9.86. The second-order valence-corrected chi connectivity index (χ2v) is 29.1. The van der Waals surface area contributed by atoms with Gasteiger partial charge in [0.15, 0.2) is 46.5 Å². The molecule has 0 amide bonds. The Morgan fingerprint density at radius 2 is 0.509 bits per heavy atom. The Morgan fingerprint density at radius 1 is 0.233 bits per heavy atom. The average Bonchev–Trinajstić information content (AvgIpc) is 1.51. The highest BCUT2D eigenvalue weighted by atomic mass is 19.2. The van der Waals surface area contributed by atoms with Crippen molar-refractivity contribution < 1.29 is 52.7 Å². The first-order valence-corrected chi connectivity index (χ1v) is 37.4. The minimum Gasteiger partial charge on any atom is -0.456 e. The summed E-state index contributed by atoms with van der Waals surface area (Å²) < 4.78 is 176. The zero-order chi connectivity index (χ0) is 79.2. The number of anilines is 6. The highest BCUT2D eigenvalue weighted by Crippen LogP contribution is 2.61. The Balaban J connectivity index is 0.730. The van der Waals surface area contributed by atoms with E-state index in [1.165, 1.54) is 0 Å². The summed E-state index contributed by atoms with van der Waals surface area (Å²) >= 11 is 0. The van der Waals surface area contributed by atoms with E-state index in [1.54, 1.807) is 121 Å². The minimum atomic E-state index is -2.29. The highest BCUT2D eigenvalue weighted by molar-refractivity contribution is 6.07. The van der Waals surface area contributed by atoms with Gasteiger partial charge < -0.3 is 18.6 Å². The van der Waals surface area contributed by atoms with E-state index in [-0.39, 0.29) is 22.3 Å². The fourth-order valence-corrected chi connectivity index (χ4v) is 17.8. The van der Waals surface area contributed by atoms with Crippen molar-refractivity contribution in [1.82, 2.24) is 0 Å². The average molecular weight is 1530 g/mol. The molecule has 0 N–H and O–H groups in total. The van der Waals surface area contributed by atoms with E-state index >= 15 is 43.9 Å². The van der Waals surface area contributed by atoms with Gasteiger partial charge in [0, 0.05) is 66.8 Å². The molecule has 20 rings (SSSR count). The molecule has 14 heteroatoms. The van der Waals surface area contributed by atoms with E-state index in [4.69, 9.17) is 8.83 Å². The third-order valence-electron chi connectivity index (χ3n) is 23.2. The van der Waals surface area contributed by atoms with Crippen LogP contribution in [-0.2, 0) is 10.8 Å². The monoisotopic (exact) mass is 1530 g/mol. The Bertz CT molecular complexity index is 6630. The Labute approximate surface area is 657 Å². The lowest BCUT2D eigenvalue weighted by Gasteiger charge is -2.35. The van der Waals surface area contributed by atoms with Gasteiger partial charge in [-0.1, -0.05) is 232 Å². The Hall–Kier alpha value is -14.5. The van der Waals surface area contributed by atoms with Crippen LogP contribution in [0.3, 0.4) is 0 Å². The number of furan rings is 2. The molecule has 0 bridgehead atoms. The fraction of sp³-hybridized carbons (Fsp3) is 0.0196. The third kappa shape index (κ3) is 10.6. The van der Waals surface area contributed by atoms with Crippen molar-refractivity contribution in [2.45, 2.75) is 10.8 Å². The van der Waals surface area contributed by atoms with Gasteiger partial charge in [0.1, 0.15) is 22.3 Å². The summed E-state index contributed by atoms with van der Waals surface area (Å²) in [6.45, 7) is 7.80. The summed E-state index contributed by atoms with van der Waals surface area (Å²) in [6, 6.07) is 96.6. The van der Waals surface area contributed by atoms with E-state index in [1.807, 2.05) is 216 Å². The van der Waals surface area contributed by atoms with Crippen molar-refractivity contribution in [3.8, 4) is 55.6 Å². The second kappa shape index (κ2) is 27.1. The van der Waals surface area contributed by atoms with Crippen LogP contribution in [0.25, 0.3) is 112 Å². The van der Waals surface area contributed by atoms with Crippen LogP contribution in [0.15, 0.2) is 337 Å². The highest BCUT2D eigenvalue weighted by Gasteiger charge is 2.53. The SMILES string of the molecule is C=Cc1ccc(C2(c3c(F)c(F)c(F)c(F)c3F)c3ccccc3-c3ccc(N(c4ccc(-c5ccc(N(c6ccc(-c7ccc8c(c7)oc7ccccc78)cc6)c6ccc7c(c6)C(c6ccc(C=C)cc6)(c6c(F)c(F)c(F)c(F)c6F)c6ccccc6-7)cc5)cc4)c4ccc(-c5ccc6c(c5)oc5ccccc56)cc4)cc32)cc1. The number of hydrogen-bond donors (Lipinski definition) is 0. The van der Waals surface area contributed by atoms with Crippen molar-refractivity contribution in [2.75, 3.05) is 9.80 Å². The molecule has 0 saturated heterocycles. The summed E-state index contributed by atoms with van der Waals surface area (Å²) in [7, 11) is 0. The molecule has 2 atom stereocenters. The molecule has 18 aromatic rings. The van der Waals surface area contributed by atoms with Gasteiger partial charge in [-0.2, -0.15) is 0 Å². The minimum absolute atomic E-state index is 0.230. The van der Waals surface area contributed by atoms with Crippen LogP contribution in [0.5, 0.6) is 0 Å². The smallest absolute Gasteiger partial charge is 0.200 e. The van der Waals surface area contributed by atoms with Gasteiger partial charge in [-0.05, 0) is 209 Å². The number of halogens is 10. The summed E-state index contributed by atoms with van der Waals surface area (Å²) in [4.78, 5) is 3.91. The van der Waals surface area contributed by atoms with Crippen molar-refractivity contribution in [3.63, 3.8) is 0 Å². The van der Waals surface area contributed by atoms with Crippen LogP contribution in [0.4, 0.5) is 78.0 Å². The predicted octanol–water partition coefficient (Wildman–Crippen LogP) is 28.8. The molecule has 558 valence electrons. The third-order valence-corrected chi connectivity index (χ3v) is 23.2. The second-order valence-electron chi connectivity index (χ2n) is 29.1. The number of hydrogen-bond acceptors (Lipinski definition) is 4. The lowest BCUT2D eigenvalue weighted by molar-refractivity contribution is 0.363. The standard InChI is InChI=1S/C102H58F10N2O2/c1-3-57-21-35-65(36-22-57)101(89-91(103)95(107)99(111)96(108)92(89)104)81-17-9-5-13-73(81)75-51-47-71(55-83(75)101)113(69-43-29-61(30-44-69)63-33-49-79-77-15-7-11-19-85(77)115-87(79)53-63)67-39-25-59(26-40-67)60-27-41-68(42-28-60)114(70-45-31-62(32-46-70)64-34-50-80-78-16-8-12-20-86(78)116-88(80)54-64)72-48-52-76-74-14-6-10-18-82(74)102(84(76)56-72,66-37-23-58(4-2)24-38-66)90-93(105)97(109)100(112)98(110)94(90)106/h3-56H,1-2H2. The number of benzene rings is 16. The number of para-hydroxylation sites is 2. The fourth-order valence-electron chi connectivity index (χ4n) is 17.8. The molecule has 0 spiro atoms. The zero-order valence-corrected chi connectivity index (χ0v) is 61.1. The van der Waals surface area contributed by atoms with Gasteiger partial charge in [0.05, 0.1) is 10.8 Å². The van der Waals surface area contributed by atoms with Crippen molar-refractivity contribution in [1.29, 1.82) is 0 Å². The maximum absolute atomic E-state index is 17.2. The topological polar surface area (TPSA) is 32.8 Å². The van der Waals surface area contributed by atoms with Gasteiger partial charge >= 0.3 is 0 Å². The maximum Gasteiger partial charge on any atom is 0.200 e. The van der Waals surface area contributed by atoms with Gasteiger partial charge in [0.25, 0.3) is 0 Å². The van der Waals surface area contributed by atoms with E-state index in [0.29, 0.717) is 89.8 Å². The largest absolute Gasteiger partial charge is 0.456 e. The van der Waals surface area contributed by atoms with Gasteiger partial charge in [0.2, 0.25) is 11.6 Å². The Morgan fingerprint density at radius 3 is 0.853 bits per heavy atom. The molecular formula is C102H58F10N2O2. The predicted molar refractivity (Wildman–Crippen MR) is 441 cm³/mol. The molecule has 2 unspecified atom stereocenters. The lowest BCUT2D eigenvalue weighted by atomic mass is 9.67. The van der Waals surface area contributed by atoms with Gasteiger partial charge in [-0.25, -0.2) is 43.9 Å². The van der Waals surface area contributed by atoms with E-state index < -0.39 is 80.1 Å². The zero-order valence-electron chi connectivity index (χ0n) is 61.1. The molecule has 16 aromatic carbocycles. The number of rotatable bonds is 15. The molecule has 0 aliphatic heterocycles. The molecule has 0 fully saturated rings. The van der Waals surface area contributed by atoms with Crippen LogP contribution in [-0.4, -0.2) is 0 Å². The summed E-state index contributed by atoms with van der Waals surface area (Å²) in [5, 5.41) is 3.89. The number of fused-ring (bicyclic) bond motifs is 12. The van der Waals surface area contributed by atoms with Crippen LogP contribution < -0.4 is 9.80 Å². The molecule has 0 saturated carbocycles. The van der Waals surface area contributed by atoms with E-state index in [2.05, 4.69) is 13.2 Å². The van der Waals surface area contributed by atoms with Crippen LogP contribution >= 0.6 is 0 Å². The first-order chi connectivity index (χ1) is 56.5. The Kier molecular flexibility index (Phi) is 16.5. The first kappa shape index (κ1) is 70.6. The number of nitrogens with zero attached hydrogens (tertiary/aromatic N) is 2. The molecule has 116 heavy (non-hydrogen) atoms. The molecule has 4 nitrogen and oxygen atoms in total. The maximum atomic E-state index is 17.2. The normalized spacial score (nSPS) is 14.6. The van der Waals surface area contributed by atoms with E-state index in [0.717, 1.165) is 66.1 Å². The van der Waals surface area contributed by atoms with Gasteiger partial charge in [-0.3, -0.25) is 0 Å². The van der Waals surface area contributed by atoms with E-state index in [9.17, 15) is 0 Å². The lowest BCUT2D eigenvalue weighted by Crippen LogP contribution is -2.33. The van der Waals surface area contributed by atoms with Gasteiger partial charge in [-0.15, -0.1) is 0 Å². The molecule has 2 aliphatic carbocycles. The van der Waals surface area contributed by atoms with Crippen molar-refractivity contribution in [2.24, 2.45) is 0 Å². The molecule has 2 heterocycles.